The number of ether oxygens (including phenoxy) is 3. The molecule has 5 rings (SSSR count). The molecule has 3 heterocycles. The average Bonchev–Trinajstić information content (AvgIpc) is 3.34. The summed E-state index contributed by atoms with van der Waals surface area (Å²) < 4.78 is 17.0. The normalized spacial score (nSPS) is 23.3. The van der Waals surface area contributed by atoms with E-state index >= 15 is 0 Å². The van der Waals surface area contributed by atoms with Crippen LogP contribution in [-0.2, 0) is 23.8 Å². The van der Waals surface area contributed by atoms with Crippen molar-refractivity contribution in [2.24, 2.45) is 5.92 Å². The number of esters is 1. The van der Waals surface area contributed by atoms with Gasteiger partial charge in [-0.15, -0.1) is 0 Å². The zero-order valence-electron chi connectivity index (χ0n) is 24.2. The summed E-state index contributed by atoms with van der Waals surface area (Å²) >= 11 is 0. The van der Waals surface area contributed by atoms with Crippen LogP contribution in [0.5, 0.6) is 0 Å². The predicted octanol–water partition coefficient (Wildman–Crippen LogP) is 3.18. The highest BCUT2D eigenvalue weighted by Gasteiger charge is 2.51. The Morgan fingerprint density at radius 2 is 1.81 bits per heavy atom. The number of carbonyl (C=O) groups is 3. The minimum atomic E-state index is -0.701. The Balaban J connectivity index is 1.38. The average molecular weight is 578 g/mol. The first-order chi connectivity index (χ1) is 20.4. The lowest BCUT2D eigenvalue weighted by atomic mass is 9.80. The van der Waals surface area contributed by atoms with Crippen LogP contribution < -0.4 is 10.2 Å². The molecule has 1 spiro atoms. The summed E-state index contributed by atoms with van der Waals surface area (Å²) in [5.74, 6) is -0.848. The van der Waals surface area contributed by atoms with Gasteiger partial charge in [0, 0.05) is 43.8 Å². The van der Waals surface area contributed by atoms with Crippen LogP contribution in [0.3, 0.4) is 0 Å². The Morgan fingerprint density at radius 1 is 1.10 bits per heavy atom. The van der Waals surface area contributed by atoms with Gasteiger partial charge in [-0.25, -0.2) is 4.79 Å². The van der Waals surface area contributed by atoms with Crippen LogP contribution >= 0.6 is 0 Å². The molecule has 2 amide bonds. The van der Waals surface area contributed by atoms with Crippen molar-refractivity contribution in [1.82, 2.24) is 10.2 Å². The lowest BCUT2D eigenvalue weighted by Gasteiger charge is -2.44. The highest BCUT2D eigenvalue weighted by atomic mass is 16.7. The van der Waals surface area contributed by atoms with Crippen molar-refractivity contribution in [3.63, 3.8) is 0 Å². The quantitative estimate of drug-likeness (QED) is 0.437. The van der Waals surface area contributed by atoms with Gasteiger partial charge in [-0.05, 0) is 68.5 Å². The maximum Gasteiger partial charge on any atom is 0.337 e. The lowest BCUT2D eigenvalue weighted by Crippen LogP contribution is -2.57. The molecular formula is C32H39N3O7. The Hall–Kier alpha value is -3.89. The summed E-state index contributed by atoms with van der Waals surface area (Å²) in [6.07, 6.45) is 3.34. The number of methoxy groups -OCH3 is 1. The van der Waals surface area contributed by atoms with Gasteiger partial charge in [0.05, 0.1) is 19.3 Å². The molecular weight excluding hydrogens is 538 g/mol. The minimum absolute atomic E-state index is 0.00909. The van der Waals surface area contributed by atoms with Crippen molar-refractivity contribution in [1.29, 1.82) is 0 Å². The van der Waals surface area contributed by atoms with Crippen LogP contribution in [0, 0.1) is 5.92 Å². The SMILES string of the molecule is CCO[C@@H]1OC(C(=O)N2CCC3(CC2)C(=O)NCN3c2ccccc2)=C[C@H](c2ccc(C(=O)OC)cc2)[C@@H]1CCCO. The molecule has 2 fully saturated rings. The van der Waals surface area contributed by atoms with Gasteiger partial charge in [-0.2, -0.15) is 0 Å². The van der Waals surface area contributed by atoms with Gasteiger partial charge in [-0.1, -0.05) is 30.3 Å². The molecule has 10 heteroatoms. The van der Waals surface area contributed by atoms with E-state index in [-0.39, 0.29) is 36.0 Å². The number of hydrogen-bond acceptors (Lipinski definition) is 8. The van der Waals surface area contributed by atoms with E-state index in [2.05, 4.69) is 10.2 Å². The molecule has 0 aromatic heterocycles. The number of amides is 2. The summed E-state index contributed by atoms with van der Waals surface area (Å²) in [6.45, 7) is 3.55. The number of allylic oxidation sites excluding steroid dienone is 1. The van der Waals surface area contributed by atoms with Crippen LogP contribution in [0.2, 0.25) is 0 Å². The molecule has 2 aromatic carbocycles. The number of likely N-dealkylation sites (tertiary alicyclic amines) is 1. The Labute approximate surface area is 246 Å². The Kier molecular flexibility index (Phi) is 9.13. The monoisotopic (exact) mass is 577 g/mol. The zero-order valence-corrected chi connectivity index (χ0v) is 24.2. The number of aliphatic hydroxyl groups excluding tert-OH is 1. The number of nitrogens with zero attached hydrogens (tertiary/aromatic N) is 2. The van der Waals surface area contributed by atoms with Gasteiger partial charge >= 0.3 is 5.97 Å². The van der Waals surface area contributed by atoms with Crippen molar-refractivity contribution in [3.8, 4) is 0 Å². The van der Waals surface area contributed by atoms with Gasteiger partial charge in [0.15, 0.2) is 5.76 Å². The third kappa shape index (κ3) is 5.73. The fourth-order valence-corrected chi connectivity index (χ4v) is 6.36. The second-order valence-corrected chi connectivity index (χ2v) is 10.9. The number of carbonyl (C=O) groups excluding carboxylic acids is 3. The summed E-state index contributed by atoms with van der Waals surface area (Å²) in [5, 5.41) is 12.6. The smallest absolute Gasteiger partial charge is 0.337 e. The first kappa shape index (κ1) is 29.6. The maximum atomic E-state index is 13.9. The second kappa shape index (κ2) is 13.0. The van der Waals surface area contributed by atoms with Gasteiger partial charge in [0.25, 0.3) is 5.91 Å². The van der Waals surface area contributed by atoms with Crippen molar-refractivity contribution in [2.45, 2.75) is 50.4 Å². The van der Waals surface area contributed by atoms with Crippen LogP contribution in [0.1, 0.15) is 54.4 Å². The molecule has 0 saturated carbocycles. The summed E-state index contributed by atoms with van der Waals surface area (Å²) in [6, 6.07) is 17.0. The predicted molar refractivity (Wildman–Crippen MR) is 155 cm³/mol. The van der Waals surface area contributed by atoms with E-state index in [0.29, 0.717) is 57.6 Å². The molecule has 42 heavy (non-hydrogen) atoms. The second-order valence-electron chi connectivity index (χ2n) is 10.9. The van der Waals surface area contributed by atoms with Crippen LogP contribution in [0.4, 0.5) is 5.69 Å². The first-order valence-electron chi connectivity index (χ1n) is 14.6. The summed E-state index contributed by atoms with van der Waals surface area (Å²) in [4.78, 5) is 42.8. The number of benzene rings is 2. The number of rotatable bonds is 9. The first-order valence-corrected chi connectivity index (χ1v) is 14.6. The number of piperidine rings is 1. The standard InChI is InChI=1S/C32H39N3O7/c1-3-41-30-25(10-7-19-36)26(22-11-13-23(14-12-22)29(38)40-2)20-27(42-30)28(37)34-17-15-32(16-18-34)31(39)33-21-35(32)24-8-5-4-6-9-24/h4-6,8-9,11-14,20,25-26,30,36H,3,7,10,15-19,21H2,1-2H3,(H,33,39)/t25-,26+,30+/m0/s1. The van der Waals surface area contributed by atoms with Crippen molar-refractivity contribution in [3.05, 3.63) is 77.6 Å². The van der Waals surface area contributed by atoms with Crippen molar-refractivity contribution >= 4 is 23.5 Å². The van der Waals surface area contributed by atoms with E-state index in [1.165, 1.54) is 7.11 Å². The highest BCUT2D eigenvalue weighted by Crippen LogP contribution is 2.41. The Morgan fingerprint density at radius 3 is 2.45 bits per heavy atom. The lowest BCUT2D eigenvalue weighted by molar-refractivity contribution is -0.171. The fourth-order valence-electron chi connectivity index (χ4n) is 6.36. The molecule has 2 saturated heterocycles. The molecule has 10 nitrogen and oxygen atoms in total. The van der Waals surface area contributed by atoms with E-state index in [0.717, 1.165) is 11.3 Å². The fraction of sp³-hybridized carbons (Fsp3) is 0.469. The van der Waals surface area contributed by atoms with Crippen molar-refractivity contribution in [2.75, 3.05) is 45.0 Å². The zero-order chi connectivity index (χ0) is 29.7. The number of para-hydroxylation sites is 1. The van der Waals surface area contributed by atoms with E-state index in [9.17, 15) is 19.5 Å². The molecule has 0 radical (unpaired) electrons. The van der Waals surface area contributed by atoms with Crippen LogP contribution in [0.25, 0.3) is 0 Å². The highest BCUT2D eigenvalue weighted by molar-refractivity contribution is 5.95. The topological polar surface area (TPSA) is 118 Å². The number of hydrogen-bond donors (Lipinski definition) is 2. The minimum Gasteiger partial charge on any atom is -0.465 e. The molecule has 3 aliphatic rings. The van der Waals surface area contributed by atoms with Gasteiger partial charge in [0.2, 0.25) is 12.2 Å². The molecule has 0 unspecified atom stereocenters. The molecule has 3 aliphatic heterocycles. The van der Waals surface area contributed by atoms with Gasteiger partial charge < -0.3 is 34.4 Å². The van der Waals surface area contributed by atoms with E-state index in [1.807, 2.05) is 55.5 Å². The largest absolute Gasteiger partial charge is 0.465 e. The van der Waals surface area contributed by atoms with Crippen molar-refractivity contribution < 1.29 is 33.7 Å². The van der Waals surface area contributed by atoms with Crippen LogP contribution in [0.15, 0.2) is 66.4 Å². The third-order valence-electron chi connectivity index (χ3n) is 8.62. The van der Waals surface area contributed by atoms with Crippen LogP contribution in [-0.4, -0.2) is 79.7 Å². The molecule has 2 N–H and O–H groups in total. The number of nitrogens with one attached hydrogen (secondary N) is 1. The molecule has 3 atom stereocenters. The Bertz CT molecular complexity index is 1290. The van der Waals surface area contributed by atoms with E-state index in [1.54, 1.807) is 17.0 Å². The van der Waals surface area contributed by atoms with E-state index < -0.39 is 17.8 Å². The summed E-state index contributed by atoms with van der Waals surface area (Å²) in [5.41, 5.74) is 1.61. The third-order valence-corrected chi connectivity index (χ3v) is 8.62. The maximum absolute atomic E-state index is 13.9. The number of anilines is 1. The molecule has 0 aliphatic carbocycles. The molecule has 0 bridgehead atoms. The van der Waals surface area contributed by atoms with Gasteiger partial charge in [-0.3, -0.25) is 9.59 Å². The number of aliphatic hydroxyl groups is 1. The molecule has 2 aromatic rings. The summed E-state index contributed by atoms with van der Waals surface area (Å²) in [7, 11) is 1.34. The van der Waals surface area contributed by atoms with Gasteiger partial charge in [0.1, 0.15) is 5.54 Å². The van der Waals surface area contributed by atoms with E-state index in [4.69, 9.17) is 14.2 Å². The molecule has 224 valence electrons.